The number of alkyl halides is 3. The molecular formula is C14H9F3O2S. The van der Waals surface area contributed by atoms with Gasteiger partial charge in [0, 0.05) is 5.56 Å². The van der Waals surface area contributed by atoms with Crippen LogP contribution in [0.2, 0.25) is 0 Å². The second kappa shape index (κ2) is 5.92. The van der Waals surface area contributed by atoms with Crippen LogP contribution in [0.3, 0.4) is 0 Å². The van der Waals surface area contributed by atoms with E-state index in [4.69, 9.17) is 0 Å². The van der Waals surface area contributed by atoms with Gasteiger partial charge in [0.2, 0.25) is 0 Å². The molecule has 6 heteroatoms. The molecule has 2 rings (SSSR count). The lowest BCUT2D eigenvalue weighted by atomic mass is 10.1. The third-order valence-corrected chi connectivity index (χ3v) is 3.04. The van der Waals surface area contributed by atoms with Crippen molar-refractivity contribution in [1.82, 2.24) is 0 Å². The lowest BCUT2D eigenvalue weighted by Gasteiger charge is -2.08. The first-order valence-electron chi connectivity index (χ1n) is 5.54. The number of rotatable bonds is 4. The van der Waals surface area contributed by atoms with Crippen molar-refractivity contribution in [3.63, 3.8) is 0 Å². The molecule has 2 aromatic rings. The van der Waals surface area contributed by atoms with E-state index in [0.29, 0.717) is 5.56 Å². The molecule has 0 aliphatic rings. The van der Waals surface area contributed by atoms with E-state index in [1.54, 1.807) is 6.08 Å². The first-order valence-corrected chi connectivity index (χ1v) is 6.49. The topological polar surface area (TPSA) is 26.3 Å². The number of benzene rings is 1. The summed E-state index contributed by atoms with van der Waals surface area (Å²) in [5.74, 6) is -0.634. The quantitative estimate of drug-likeness (QED) is 0.612. The Morgan fingerprint density at radius 2 is 1.85 bits per heavy atom. The minimum Gasteiger partial charge on any atom is -0.406 e. The van der Waals surface area contributed by atoms with Crippen LogP contribution in [0, 0.1) is 0 Å². The van der Waals surface area contributed by atoms with Gasteiger partial charge in [0.1, 0.15) is 5.75 Å². The lowest BCUT2D eigenvalue weighted by molar-refractivity contribution is -0.274. The van der Waals surface area contributed by atoms with Gasteiger partial charge < -0.3 is 4.74 Å². The maximum Gasteiger partial charge on any atom is 0.573 e. The average Bonchev–Trinajstić information content (AvgIpc) is 2.88. The Labute approximate surface area is 117 Å². The van der Waals surface area contributed by atoms with Gasteiger partial charge in [-0.3, -0.25) is 4.79 Å². The summed E-state index contributed by atoms with van der Waals surface area (Å²) in [5, 5.41) is 3.76. The number of ether oxygens (including phenoxy) is 1. The fourth-order valence-electron chi connectivity index (χ4n) is 1.46. The van der Waals surface area contributed by atoms with Crippen molar-refractivity contribution >= 4 is 23.2 Å². The molecular weight excluding hydrogens is 289 g/mol. The van der Waals surface area contributed by atoms with E-state index < -0.39 is 6.36 Å². The predicted octanol–water partition coefficient (Wildman–Crippen LogP) is 4.54. The van der Waals surface area contributed by atoms with Crippen molar-refractivity contribution in [2.75, 3.05) is 0 Å². The standard InChI is InChI=1S/C14H9F3O2S/c15-14(16,17)19-12-4-2-11(3-5-12)13(18)6-1-10-7-8-20-9-10/h1-9H/b6-1+. The molecule has 20 heavy (non-hydrogen) atoms. The average molecular weight is 298 g/mol. The molecule has 0 aliphatic carbocycles. The van der Waals surface area contributed by atoms with E-state index in [1.165, 1.54) is 29.5 Å². The van der Waals surface area contributed by atoms with Crippen molar-refractivity contribution in [1.29, 1.82) is 0 Å². The largest absolute Gasteiger partial charge is 0.573 e. The minimum absolute atomic E-state index is 0.283. The fourth-order valence-corrected chi connectivity index (χ4v) is 2.09. The van der Waals surface area contributed by atoms with Crippen LogP contribution in [0.15, 0.2) is 47.2 Å². The fraction of sp³-hybridized carbons (Fsp3) is 0.0714. The smallest absolute Gasteiger partial charge is 0.406 e. The summed E-state index contributed by atoms with van der Waals surface area (Å²) in [7, 11) is 0. The molecule has 0 saturated carbocycles. The van der Waals surface area contributed by atoms with E-state index in [-0.39, 0.29) is 11.5 Å². The summed E-state index contributed by atoms with van der Waals surface area (Å²) in [6, 6.07) is 6.66. The number of hydrogen-bond donors (Lipinski definition) is 0. The Morgan fingerprint density at radius 1 is 1.15 bits per heavy atom. The van der Waals surface area contributed by atoms with Gasteiger partial charge in [0.15, 0.2) is 5.78 Å². The molecule has 0 fully saturated rings. The first kappa shape index (κ1) is 14.3. The summed E-state index contributed by atoms with van der Waals surface area (Å²) >= 11 is 1.51. The zero-order valence-electron chi connectivity index (χ0n) is 10.1. The van der Waals surface area contributed by atoms with Crippen molar-refractivity contribution in [2.24, 2.45) is 0 Å². The van der Waals surface area contributed by atoms with Crippen LogP contribution in [0.5, 0.6) is 5.75 Å². The van der Waals surface area contributed by atoms with Crippen molar-refractivity contribution in [2.45, 2.75) is 6.36 Å². The maximum atomic E-state index is 12.0. The van der Waals surface area contributed by atoms with Crippen LogP contribution in [-0.2, 0) is 0 Å². The van der Waals surface area contributed by atoms with Crippen molar-refractivity contribution in [3.8, 4) is 5.75 Å². The van der Waals surface area contributed by atoms with E-state index in [1.807, 2.05) is 16.8 Å². The van der Waals surface area contributed by atoms with E-state index in [9.17, 15) is 18.0 Å². The Hall–Kier alpha value is -2.08. The molecule has 104 valence electrons. The van der Waals surface area contributed by atoms with Gasteiger partial charge >= 0.3 is 6.36 Å². The van der Waals surface area contributed by atoms with Gasteiger partial charge in [-0.05, 0) is 52.7 Å². The van der Waals surface area contributed by atoms with Gasteiger partial charge in [0.25, 0.3) is 0 Å². The lowest BCUT2D eigenvalue weighted by Crippen LogP contribution is -2.17. The SMILES string of the molecule is O=C(/C=C/c1ccsc1)c1ccc(OC(F)(F)F)cc1. The van der Waals surface area contributed by atoms with Gasteiger partial charge in [-0.1, -0.05) is 6.08 Å². The first-order chi connectivity index (χ1) is 9.44. The van der Waals surface area contributed by atoms with Crippen LogP contribution in [0.1, 0.15) is 15.9 Å². The maximum absolute atomic E-state index is 12.0. The third kappa shape index (κ3) is 4.24. The van der Waals surface area contributed by atoms with Gasteiger partial charge in [-0.2, -0.15) is 11.3 Å². The van der Waals surface area contributed by atoms with E-state index >= 15 is 0 Å². The molecule has 1 aromatic heterocycles. The molecule has 0 saturated heterocycles. The molecule has 1 heterocycles. The number of carbonyl (C=O) groups is 1. The summed E-state index contributed by atoms with van der Waals surface area (Å²) in [6.45, 7) is 0. The summed E-state index contributed by atoms with van der Waals surface area (Å²) in [6.07, 6.45) is -1.70. The van der Waals surface area contributed by atoms with Crippen LogP contribution in [0.25, 0.3) is 6.08 Å². The van der Waals surface area contributed by atoms with Gasteiger partial charge in [-0.15, -0.1) is 13.2 Å². The molecule has 0 bridgehead atoms. The second-order valence-corrected chi connectivity index (χ2v) is 4.61. The zero-order valence-corrected chi connectivity index (χ0v) is 10.9. The highest BCUT2D eigenvalue weighted by atomic mass is 32.1. The van der Waals surface area contributed by atoms with Crippen LogP contribution in [-0.4, -0.2) is 12.1 Å². The molecule has 0 aliphatic heterocycles. The molecule has 0 N–H and O–H groups in total. The number of carbonyl (C=O) groups excluding carboxylic acids is 1. The zero-order chi connectivity index (χ0) is 14.6. The van der Waals surface area contributed by atoms with Crippen LogP contribution < -0.4 is 4.74 Å². The Balaban J connectivity index is 2.04. The highest BCUT2D eigenvalue weighted by Gasteiger charge is 2.30. The van der Waals surface area contributed by atoms with Crippen molar-refractivity contribution in [3.05, 3.63) is 58.3 Å². The van der Waals surface area contributed by atoms with E-state index in [0.717, 1.165) is 17.7 Å². The normalized spacial score (nSPS) is 11.8. The molecule has 0 amide bonds. The number of hydrogen-bond acceptors (Lipinski definition) is 3. The molecule has 0 spiro atoms. The van der Waals surface area contributed by atoms with E-state index in [2.05, 4.69) is 4.74 Å². The highest BCUT2D eigenvalue weighted by Crippen LogP contribution is 2.23. The van der Waals surface area contributed by atoms with Crippen molar-refractivity contribution < 1.29 is 22.7 Å². The molecule has 0 unspecified atom stereocenters. The monoisotopic (exact) mass is 298 g/mol. The second-order valence-electron chi connectivity index (χ2n) is 3.83. The van der Waals surface area contributed by atoms with Crippen LogP contribution >= 0.6 is 11.3 Å². The van der Waals surface area contributed by atoms with Gasteiger partial charge in [0.05, 0.1) is 0 Å². The molecule has 0 radical (unpaired) electrons. The Kier molecular flexibility index (Phi) is 4.24. The number of thiophene rings is 1. The predicted molar refractivity (Wildman–Crippen MR) is 70.8 cm³/mol. The summed E-state index contributed by atoms with van der Waals surface area (Å²) < 4.78 is 39.7. The van der Waals surface area contributed by atoms with Crippen LogP contribution in [0.4, 0.5) is 13.2 Å². The van der Waals surface area contributed by atoms with Gasteiger partial charge in [-0.25, -0.2) is 0 Å². The third-order valence-electron chi connectivity index (χ3n) is 2.34. The molecule has 2 nitrogen and oxygen atoms in total. The Morgan fingerprint density at radius 3 is 2.40 bits per heavy atom. The molecule has 0 atom stereocenters. The molecule has 1 aromatic carbocycles. The highest BCUT2D eigenvalue weighted by molar-refractivity contribution is 7.08. The number of allylic oxidation sites excluding steroid dienone is 1. The number of halogens is 3. The summed E-state index contributed by atoms with van der Waals surface area (Å²) in [4.78, 5) is 11.8. The number of ketones is 1. The summed E-state index contributed by atoms with van der Waals surface area (Å²) in [5.41, 5.74) is 1.20. The minimum atomic E-state index is -4.73. The Bertz CT molecular complexity index is 598.